The number of piperidine rings is 1. The van der Waals surface area contributed by atoms with Gasteiger partial charge in [-0.1, -0.05) is 19.1 Å². The number of nitrogens with one attached hydrogen (secondary N) is 1. The summed E-state index contributed by atoms with van der Waals surface area (Å²) in [5.41, 5.74) is 4.04. The van der Waals surface area contributed by atoms with Gasteiger partial charge in [0.15, 0.2) is 5.78 Å². The number of hydrogen-bond acceptors (Lipinski definition) is 5. The van der Waals surface area contributed by atoms with Crippen LogP contribution in [0.4, 0.5) is 15.8 Å². The summed E-state index contributed by atoms with van der Waals surface area (Å²) in [5, 5.41) is 13.2. The van der Waals surface area contributed by atoms with Gasteiger partial charge in [0.1, 0.15) is 11.6 Å². The normalized spacial score (nSPS) is 13.9. The first-order valence-electron chi connectivity index (χ1n) is 12.2. The molecule has 7 heteroatoms. The first kappa shape index (κ1) is 25.4. The van der Waals surface area contributed by atoms with Gasteiger partial charge < -0.3 is 20.1 Å². The van der Waals surface area contributed by atoms with E-state index in [0.717, 1.165) is 16.8 Å². The van der Waals surface area contributed by atoms with Crippen LogP contribution in [0.1, 0.15) is 51.6 Å². The van der Waals surface area contributed by atoms with Crippen molar-refractivity contribution >= 4 is 23.1 Å². The first-order chi connectivity index (χ1) is 17.5. The Hall–Kier alpha value is -3.71. The molecule has 0 bridgehead atoms. The van der Waals surface area contributed by atoms with E-state index in [-0.39, 0.29) is 30.0 Å². The molecule has 1 aliphatic heterocycles. The van der Waals surface area contributed by atoms with Gasteiger partial charge in [0.2, 0.25) is 0 Å². The van der Waals surface area contributed by atoms with E-state index < -0.39 is 0 Å². The van der Waals surface area contributed by atoms with E-state index in [2.05, 4.69) is 10.2 Å². The second kappa shape index (κ2) is 11.4. The fourth-order valence-electron chi connectivity index (χ4n) is 4.94. The number of amides is 1. The topological polar surface area (TPSA) is 78.9 Å². The molecule has 0 aliphatic carbocycles. The number of carbonyl (C=O) groups excluding carboxylic acids is 2. The Morgan fingerprint density at radius 2 is 1.72 bits per heavy atom. The van der Waals surface area contributed by atoms with Crippen LogP contribution >= 0.6 is 0 Å². The summed E-state index contributed by atoms with van der Waals surface area (Å²) in [6.45, 7) is 3.08. The number of nitrogens with zero attached hydrogens (tertiary/aromatic N) is 1. The smallest absolute Gasteiger partial charge is 0.256 e. The van der Waals surface area contributed by atoms with Crippen molar-refractivity contribution in [2.75, 3.05) is 30.4 Å². The lowest BCUT2D eigenvalue weighted by Gasteiger charge is -2.35. The average Bonchev–Trinajstić information content (AvgIpc) is 2.92. The fraction of sp³-hybridized carbons (Fsp3) is 0.310. The van der Waals surface area contributed by atoms with Gasteiger partial charge in [0.25, 0.3) is 5.91 Å². The van der Waals surface area contributed by atoms with Gasteiger partial charge in [-0.25, -0.2) is 4.39 Å². The summed E-state index contributed by atoms with van der Waals surface area (Å²) in [6.07, 6.45) is 1.91. The number of carbonyl (C=O) groups is 2. The molecule has 1 heterocycles. The molecular formula is C29H31FN2O4. The van der Waals surface area contributed by atoms with Crippen LogP contribution in [0.5, 0.6) is 5.75 Å². The van der Waals surface area contributed by atoms with Crippen LogP contribution in [0.2, 0.25) is 0 Å². The third-order valence-electron chi connectivity index (χ3n) is 6.85. The van der Waals surface area contributed by atoms with E-state index in [1.54, 1.807) is 25.3 Å². The molecule has 188 valence electrons. The number of anilines is 2. The average molecular weight is 491 g/mol. The number of ether oxygens (including phenoxy) is 1. The number of aliphatic hydroxyl groups is 1. The molecule has 4 rings (SSSR count). The van der Waals surface area contributed by atoms with Gasteiger partial charge in [-0.15, -0.1) is 0 Å². The van der Waals surface area contributed by atoms with Crippen LogP contribution < -0.4 is 15.0 Å². The number of methoxy groups -OCH3 is 1. The minimum atomic E-state index is -0.357. The molecule has 0 atom stereocenters. The van der Waals surface area contributed by atoms with E-state index in [1.807, 2.05) is 25.1 Å². The third kappa shape index (κ3) is 5.26. The monoisotopic (exact) mass is 490 g/mol. The van der Waals surface area contributed by atoms with Crippen LogP contribution in [0.3, 0.4) is 0 Å². The van der Waals surface area contributed by atoms with Gasteiger partial charge >= 0.3 is 0 Å². The van der Waals surface area contributed by atoms with Crippen LogP contribution in [-0.2, 0) is 13.0 Å². The molecule has 0 radical (unpaired) electrons. The van der Waals surface area contributed by atoms with E-state index in [0.29, 0.717) is 54.9 Å². The maximum absolute atomic E-state index is 13.2. The molecule has 0 saturated carbocycles. The molecule has 0 aromatic heterocycles. The van der Waals surface area contributed by atoms with Gasteiger partial charge in [-0.05, 0) is 73.4 Å². The molecule has 1 fully saturated rings. The predicted molar refractivity (Wildman–Crippen MR) is 138 cm³/mol. The predicted octanol–water partition coefficient (Wildman–Crippen LogP) is 5.24. The highest BCUT2D eigenvalue weighted by molar-refractivity contribution is 6.06. The van der Waals surface area contributed by atoms with Crippen molar-refractivity contribution in [3.63, 3.8) is 0 Å². The number of Topliss-reactive ketones (excluding diaryl/α,β-unsaturated/α-hetero) is 1. The van der Waals surface area contributed by atoms with Gasteiger partial charge in [0.05, 0.1) is 19.4 Å². The zero-order valence-electron chi connectivity index (χ0n) is 20.6. The lowest BCUT2D eigenvalue weighted by atomic mass is 9.88. The zero-order valence-corrected chi connectivity index (χ0v) is 20.6. The molecular weight excluding hydrogens is 459 g/mol. The Balaban J connectivity index is 1.52. The SMILES string of the molecule is CCc1c(C(=O)Nc2ccccc2OC)ccc(N2CCC(C(=O)c3ccc(F)cc3)CC2)c1CO. The van der Waals surface area contributed by atoms with E-state index >= 15 is 0 Å². The Morgan fingerprint density at radius 3 is 2.36 bits per heavy atom. The Labute approximate surface area is 210 Å². The number of rotatable bonds is 8. The van der Waals surface area contributed by atoms with Crippen molar-refractivity contribution in [1.82, 2.24) is 0 Å². The summed E-state index contributed by atoms with van der Waals surface area (Å²) < 4.78 is 18.6. The van der Waals surface area contributed by atoms with Crippen molar-refractivity contribution in [3.05, 3.63) is 88.7 Å². The van der Waals surface area contributed by atoms with E-state index in [9.17, 15) is 19.1 Å². The molecule has 1 amide bonds. The van der Waals surface area contributed by atoms with Crippen molar-refractivity contribution in [3.8, 4) is 5.75 Å². The first-order valence-corrected chi connectivity index (χ1v) is 12.2. The van der Waals surface area contributed by atoms with E-state index in [4.69, 9.17) is 4.74 Å². The highest BCUT2D eigenvalue weighted by atomic mass is 19.1. The third-order valence-corrected chi connectivity index (χ3v) is 6.85. The molecule has 1 saturated heterocycles. The molecule has 3 aromatic rings. The summed E-state index contributed by atoms with van der Waals surface area (Å²) in [7, 11) is 1.55. The number of para-hydroxylation sites is 2. The Kier molecular flexibility index (Phi) is 8.00. The minimum absolute atomic E-state index is 0.0367. The summed E-state index contributed by atoms with van der Waals surface area (Å²) in [6, 6.07) is 16.6. The van der Waals surface area contributed by atoms with Crippen molar-refractivity contribution in [2.24, 2.45) is 5.92 Å². The highest BCUT2D eigenvalue weighted by Gasteiger charge is 2.28. The lowest BCUT2D eigenvalue weighted by Crippen LogP contribution is -2.37. The number of hydrogen-bond donors (Lipinski definition) is 2. The molecule has 3 aromatic carbocycles. The van der Waals surface area contributed by atoms with Gasteiger partial charge in [-0.3, -0.25) is 9.59 Å². The largest absolute Gasteiger partial charge is 0.495 e. The number of benzene rings is 3. The van der Waals surface area contributed by atoms with Crippen molar-refractivity contribution in [2.45, 2.75) is 32.8 Å². The quantitative estimate of drug-likeness (QED) is 0.422. The van der Waals surface area contributed by atoms with Crippen LogP contribution in [-0.4, -0.2) is 37.0 Å². The van der Waals surface area contributed by atoms with E-state index in [1.165, 1.54) is 24.3 Å². The molecule has 0 spiro atoms. The zero-order chi connectivity index (χ0) is 25.7. The summed E-state index contributed by atoms with van der Waals surface area (Å²) in [5.74, 6) is -0.137. The molecule has 1 aliphatic rings. The fourth-order valence-corrected chi connectivity index (χ4v) is 4.94. The van der Waals surface area contributed by atoms with Crippen LogP contribution in [0.25, 0.3) is 0 Å². The second-order valence-electron chi connectivity index (χ2n) is 8.89. The molecule has 6 nitrogen and oxygen atoms in total. The minimum Gasteiger partial charge on any atom is -0.495 e. The second-order valence-corrected chi connectivity index (χ2v) is 8.89. The van der Waals surface area contributed by atoms with Crippen molar-refractivity contribution in [1.29, 1.82) is 0 Å². The highest BCUT2D eigenvalue weighted by Crippen LogP contribution is 2.33. The standard InChI is InChI=1S/C29H31FN2O4/c1-3-22-23(29(35)31-25-6-4-5-7-27(25)36-2)12-13-26(24(22)18-33)32-16-14-20(15-17-32)28(34)19-8-10-21(30)11-9-19/h4-13,20,33H,3,14-18H2,1-2H3,(H,31,35). The van der Waals surface area contributed by atoms with Gasteiger partial charge in [-0.2, -0.15) is 0 Å². The Morgan fingerprint density at radius 1 is 1.03 bits per heavy atom. The molecule has 0 unspecified atom stereocenters. The van der Waals surface area contributed by atoms with Crippen LogP contribution in [0.15, 0.2) is 60.7 Å². The molecule has 36 heavy (non-hydrogen) atoms. The number of halogens is 1. The summed E-state index contributed by atoms with van der Waals surface area (Å²) in [4.78, 5) is 28.2. The van der Waals surface area contributed by atoms with Crippen molar-refractivity contribution < 1.29 is 23.8 Å². The molecule has 2 N–H and O–H groups in total. The maximum atomic E-state index is 13.2. The number of ketones is 1. The van der Waals surface area contributed by atoms with Crippen LogP contribution in [0, 0.1) is 11.7 Å². The Bertz CT molecular complexity index is 1230. The maximum Gasteiger partial charge on any atom is 0.256 e. The number of aliphatic hydroxyl groups excluding tert-OH is 1. The lowest BCUT2D eigenvalue weighted by molar-refractivity contribution is 0.0900. The van der Waals surface area contributed by atoms with Gasteiger partial charge in [0, 0.05) is 41.4 Å². The summed E-state index contributed by atoms with van der Waals surface area (Å²) >= 11 is 0.